The summed E-state index contributed by atoms with van der Waals surface area (Å²) in [6.07, 6.45) is 0.0973. The number of alkyl halides is 3. The first-order valence-corrected chi connectivity index (χ1v) is 8.47. The Kier molecular flexibility index (Phi) is 5.91. The van der Waals surface area contributed by atoms with Crippen molar-refractivity contribution in [3.8, 4) is 0 Å². The molecule has 24 heavy (non-hydrogen) atoms. The molecule has 0 aromatic heterocycles. The van der Waals surface area contributed by atoms with Crippen molar-refractivity contribution >= 4 is 5.91 Å². The van der Waals surface area contributed by atoms with Gasteiger partial charge in [-0.25, -0.2) is 0 Å². The van der Waals surface area contributed by atoms with Crippen LogP contribution in [-0.2, 0) is 16.4 Å². The van der Waals surface area contributed by atoms with Crippen LogP contribution in [0, 0.1) is 0 Å². The average Bonchev–Trinajstić information content (AvgIpc) is 2.54. The molecule has 0 radical (unpaired) electrons. The molecule has 1 aliphatic rings. The summed E-state index contributed by atoms with van der Waals surface area (Å²) in [5.74, 6) is -0.179. The maximum absolute atomic E-state index is 13.0. The minimum atomic E-state index is -4.41. The summed E-state index contributed by atoms with van der Waals surface area (Å²) in [6, 6.07) is 5.20. The van der Waals surface area contributed by atoms with Gasteiger partial charge in [0.25, 0.3) is 0 Å². The Morgan fingerprint density at radius 2 is 1.96 bits per heavy atom. The van der Waals surface area contributed by atoms with Crippen LogP contribution in [0.3, 0.4) is 0 Å². The number of halogens is 3. The van der Waals surface area contributed by atoms with Crippen molar-refractivity contribution in [2.45, 2.75) is 63.1 Å². The third kappa shape index (κ3) is 4.29. The second kappa shape index (κ2) is 7.55. The minimum Gasteiger partial charge on any atom is -0.355 e. The molecule has 0 spiro atoms. The number of carbonyl (C=O) groups excluding carboxylic acids is 1. The molecule has 1 aromatic rings. The third-order valence-corrected chi connectivity index (χ3v) is 4.77. The van der Waals surface area contributed by atoms with Crippen molar-refractivity contribution in [2.75, 3.05) is 6.54 Å². The molecule has 1 aromatic carbocycles. The first-order chi connectivity index (χ1) is 11.3. The van der Waals surface area contributed by atoms with Crippen LogP contribution in [0.1, 0.15) is 56.6 Å². The Hall–Kier alpha value is -1.56. The molecule has 0 aliphatic heterocycles. The van der Waals surface area contributed by atoms with Crippen LogP contribution in [0.25, 0.3) is 0 Å². The number of amides is 1. The zero-order valence-electron chi connectivity index (χ0n) is 14.0. The van der Waals surface area contributed by atoms with Crippen LogP contribution in [0.2, 0.25) is 0 Å². The topological polar surface area (TPSA) is 55.1 Å². The highest BCUT2D eigenvalue weighted by Crippen LogP contribution is 2.41. The van der Waals surface area contributed by atoms with Crippen molar-refractivity contribution in [1.29, 1.82) is 0 Å². The van der Waals surface area contributed by atoms with Gasteiger partial charge in [-0.2, -0.15) is 13.2 Å². The largest absolute Gasteiger partial charge is 0.416 e. The lowest BCUT2D eigenvalue weighted by Gasteiger charge is -2.36. The van der Waals surface area contributed by atoms with Gasteiger partial charge in [0.2, 0.25) is 5.91 Å². The standard InChI is InChI=1S/C18H25F3N2O/c1-13(22)8-11-23-16(24)17(9-3-2-4-10-17)14-6-5-7-15(12-14)18(19,20)21/h5-7,12-13H,2-4,8-11,22H2,1H3,(H,23,24). The van der Waals surface area contributed by atoms with E-state index in [1.807, 2.05) is 6.92 Å². The lowest BCUT2D eigenvalue weighted by molar-refractivity contribution is -0.138. The molecule has 6 heteroatoms. The van der Waals surface area contributed by atoms with Crippen LogP contribution in [0.15, 0.2) is 24.3 Å². The van der Waals surface area contributed by atoms with E-state index < -0.39 is 17.2 Å². The summed E-state index contributed by atoms with van der Waals surface area (Å²) in [7, 11) is 0. The molecule has 1 amide bonds. The van der Waals surface area contributed by atoms with Crippen molar-refractivity contribution < 1.29 is 18.0 Å². The summed E-state index contributed by atoms with van der Waals surface area (Å²) in [4.78, 5) is 12.8. The van der Waals surface area contributed by atoms with Gasteiger partial charge in [0, 0.05) is 12.6 Å². The maximum atomic E-state index is 13.0. The molecule has 3 N–H and O–H groups in total. The third-order valence-electron chi connectivity index (χ3n) is 4.77. The highest BCUT2D eigenvalue weighted by Gasteiger charge is 2.42. The van der Waals surface area contributed by atoms with Crippen LogP contribution in [0.5, 0.6) is 0 Å². The van der Waals surface area contributed by atoms with E-state index in [9.17, 15) is 18.0 Å². The van der Waals surface area contributed by atoms with Gasteiger partial charge in [-0.15, -0.1) is 0 Å². The molecule has 134 valence electrons. The van der Waals surface area contributed by atoms with Gasteiger partial charge in [0.15, 0.2) is 0 Å². The number of rotatable bonds is 5. The summed E-state index contributed by atoms with van der Waals surface area (Å²) >= 11 is 0. The first kappa shape index (κ1) is 18.8. The van der Waals surface area contributed by atoms with Crippen molar-refractivity contribution in [1.82, 2.24) is 5.32 Å². The number of nitrogens with one attached hydrogen (secondary N) is 1. The Balaban J connectivity index is 2.29. The number of hydrogen-bond donors (Lipinski definition) is 2. The smallest absolute Gasteiger partial charge is 0.355 e. The molecule has 0 saturated heterocycles. The molecule has 2 rings (SSSR count). The summed E-state index contributed by atoms with van der Waals surface area (Å²) < 4.78 is 39.1. The van der Waals surface area contributed by atoms with Crippen LogP contribution >= 0.6 is 0 Å². The summed E-state index contributed by atoms with van der Waals surface area (Å²) in [5.41, 5.74) is 4.60. The van der Waals surface area contributed by atoms with Crippen LogP contribution < -0.4 is 11.1 Å². The molecule has 3 nitrogen and oxygen atoms in total. The van der Waals surface area contributed by atoms with E-state index in [1.54, 1.807) is 6.07 Å². The van der Waals surface area contributed by atoms with E-state index in [-0.39, 0.29) is 11.9 Å². The SMILES string of the molecule is CC(N)CCNC(=O)C1(c2cccc(C(F)(F)F)c2)CCCCC1. The molecule has 1 atom stereocenters. The summed E-state index contributed by atoms with van der Waals surface area (Å²) in [6.45, 7) is 2.30. The fourth-order valence-electron chi connectivity index (χ4n) is 3.38. The molecule has 1 saturated carbocycles. The highest BCUT2D eigenvalue weighted by molar-refractivity contribution is 5.88. The molecule has 1 fully saturated rings. The van der Waals surface area contributed by atoms with E-state index in [1.165, 1.54) is 6.07 Å². The number of benzene rings is 1. The Labute approximate surface area is 140 Å². The van der Waals surface area contributed by atoms with Gasteiger partial charge in [-0.1, -0.05) is 37.5 Å². The van der Waals surface area contributed by atoms with Gasteiger partial charge < -0.3 is 11.1 Å². The summed E-state index contributed by atoms with van der Waals surface area (Å²) in [5, 5.41) is 2.88. The maximum Gasteiger partial charge on any atom is 0.416 e. The van der Waals surface area contributed by atoms with Crippen molar-refractivity contribution in [3.63, 3.8) is 0 Å². The lowest BCUT2D eigenvalue weighted by atomic mass is 9.68. The Bertz CT molecular complexity index is 564. The predicted octanol–water partition coefficient (Wildman–Crippen LogP) is 3.76. The van der Waals surface area contributed by atoms with Crippen LogP contribution in [-0.4, -0.2) is 18.5 Å². The first-order valence-electron chi connectivity index (χ1n) is 8.47. The number of hydrogen-bond acceptors (Lipinski definition) is 2. The van der Waals surface area contributed by atoms with Crippen molar-refractivity contribution in [2.24, 2.45) is 5.73 Å². The zero-order chi connectivity index (χ0) is 17.8. The minimum absolute atomic E-state index is 0.0267. The fraction of sp³-hybridized carbons (Fsp3) is 0.611. The van der Waals surface area contributed by atoms with E-state index in [0.29, 0.717) is 31.4 Å². The molecule has 1 unspecified atom stereocenters. The normalized spacial score (nSPS) is 18.9. The van der Waals surface area contributed by atoms with E-state index >= 15 is 0 Å². The molecule has 0 heterocycles. The fourth-order valence-corrected chi connectivity index (χ4v) is 3.38. The van der Waals surface area contributed by atoms with Gasteiger partial charge in [0.1, 0.15) is 0 Å². The molecular weight excluding hydrogens is 317 g/mol. The van der Waals surface area contributed by atoms with E-state index in [2.05, 4.69) is 5.32 Å². The van der Waals surface area contributed by atoms with Crippen LogP contribution in [0.4, 0.5) is 13.2 Å². The second-order valence-corrected chi connectivity index (χ2v) is 6.74. The van der Waals surface area contributed by atoms with Gasteiger partial charge in [-0.05, 0) is 37.8 Å². The van der Waals surface area contributed by atoms with Gasteiger partial charge in [0.05, 0.1) is 11.0 Å². The predicted molar refractivity (Wildman–Crippen MR) is 87.5 cm³/mol. The van der Waals surface area contributed by atoms with Gasteiger partial charge >= 0.3 is 6.18 Å². The zero-order valence-corrected chi connectivity index (χ0v) is 14.0. The molecule has 1 aliphatic carbocycles. The van der Waals surface area contributed by atoms with E-state index in [4.69, 9.17) is 5.73 Å². The van der Waals surface area contributed by atoms with Gasteiger partial charge in [-0.3, -0.25) is 4.79 Å². The average molecular weight is 342 g/mol. The number of nitrogens with two attached hydrogens (primary N) is 1. The lowest BCUT2D eigenvalue weighted by Crippen LogP contribution is -2.46. The molecule has 0 bridgehead atoms. The van der Waals surface area contributed by atoms with E-state index in [0.717, 1.165) is 31.4 Å². The molecular formula is C18H25F3N2O. The monoisotopic (exact) mass is 342 g/mol. The second-order valence-electron chi connectivity index (χ2n) is 6.74. The van der Waals surface area contributed by atoms with Crippen molar-refractivity contribution in [3.05, 3.63) is 35.4 Å². The number of carbonyl (C=O) groups is 1. The Morgan fingerprint density at radius 1 is 1.29 bits per heavy atom. The quantitative estimate of drug-likeness (QED) is 0.856. The highest BCUT2D eigenvalue weighted by atomic mass is 19.4. The Morgan fingerprint density at radius 3 is 2.54 bits per heavy atom.